The molecule has 0 atom stereocenters. The largest absolute Gasteiger partial charge is 0.378 e. The summed E-state index contributed by atoms with van der Waals surface area (Å²) in [4.78, 5) is 33.3. The number of carbonyl (C=O) groups excluding carboxylic acids is 1. The molecule has 0 bridgehead atoms. The highest BCUT2D eigenvalue weighted by atomic mass is 16.5. The lowest BCUT2D eigenvalue weighted by Gasteiger charge is -2.34. The van der Waals surface area contributed by atoms with E-state index < -0.39 is 0 Å². The Bertz CT molecular complexity index is 1190. The molecule has 3 heterocycles. The maximum absolute atomic E-state index is 12.6. The molecule has 2 saturated heterocycles. The minimum Gasteiger partial charge on any atom is -0.378 e. The number of urea groups is 1. The van der Waals surface area contributed by atoms with Crippen LogP contribution in [0.25, 0.3) is 11.4 Å². The molecule has 2 aliphatic heterocycles. The monoisotopic (exact) mass is 502 g/mol. The van der Waals surface area contributed by atoms with Crippen LogP contribution in [0.2, 0.25) is 0 Å². The molecule has 1 aromatic heterocycles. The first-order valence-electron chi connectivity index (χ1n) is 12.9. The summed E-state index contributed by atoms with van der Waals surface area (Å²) in [6.07, 6.45) is 0.725. The van der Waals surface area contributed by atoms with E-state index in [9.17, 15) is 4.79 Å². The second kappa shape index (κ2) is 11.5. The Labute approximate surface area is 217 Å². The Morgan fingerprint density at radius 1 is 0.811 bits per heavy atom. The fourth-order valence-corrected chi connectivity index (χ4v) is 4.42. The molecule has 2 amide bonds. The van der Waals surface area contributed by atoms with Crippen LogP contribution < -0.4 is 20.4 Å². The third-order valence-electron chi connectivity index (χ3n) is 6.67. The average Bonchev–Trinajstić information content (AvgIpc) is 2.94. The molecular formula is C27H34N8O2. The third kappa shape index (κ3) is 6.33. The van der Waals surface area contributed by atoms with Gasteiger partial charge in [0.25, 0.3) is 0 Å². The number of benzene rings is 2. The first-order chi connectivity index (χ1) is 18.1. The molecule has 0 unspecified atom stereocenters. The van der Waals surface area contributed by atoms with Gasteiger partial charge >= 0.3 is 6.03 Å². The topological polar surface area (TPSA) is 98.8 Å². The van der Waals surface area contributed by atoms with Crippen molar-refractivity contribution in [3.05, 3.63) is 54.4 Å². The Morgan fingerprint density at radius 2 is 1.43 bits per heavy atom. The van der Waals surface area contributed by atoms with Gasteiger partial charge in [-0.1, -0.05) is 6.92 Å². The zero-order valence-electron chi connectivity index (χ0n) is 21.5. The van der Waals surface area contributed by atoms with Crippen LogP contribution in [0.3, 0.4) is 0 Å². The third-order valence-corrected chi connectivity index (χ3v) is 6.67. The first-order valence-corrected chi connectivity index (χ1v) is 12.9. The molecule has 194 valence electrons. The van der Waals surface area contributed by atoms with Gasteiger partial charge in [0, 0.05) is 68.3 Å². The predicted molar refractivity (Wildman–Crippen MR) is 146 cm³/mol. The number of carbonyl (C=O) groups is 1. The molecule has 2 N–H and O–H groups in total. The van der Waals surface area contributed by atoms with Crippen LogP contribution in [0, 0.1) is 0 Å². The number of hydrogen-bond acceptors (Lipinski definition) is 8. The highest BCUT2D eigenvalue weighted by molar-refractivity contribution is 5.99. The van der Waals surface area contributed by atoms with Gasteiger partial charge < -0.3 is 30.1 Å². The number of aryl methyl sites for hydroxylation is 1. The molecule has 0 radical (unpaired) electrons. The SMILES string of the molecule is CCc1nc(-c2ccc(NC(=O)Nc3ccc(N4CCN(C)CC4)cc3)cc2)nc(N2CCOCC2)n1. The number of rotatable bonds is 6. The summed E-state index contributed by atoms with van der Waals surface area (Å²) in [6.45, 7) is 9.06. The molecule has 0 saturated carbocycles. The number of amides is 2. The molecule has 37 heavy (non-hydrogen) atoms. The van der Waals surface area contributed by atoms with Crippen molar-refractivity contribution in [3.8, 4) is 11.4 Å². The standard InChI is InChI=1S/C27H34N8O2/c1-3-24-30-25(32-26(31-24)35-16-18-37-19-17-35)20-4-6-21(7-5-20)28-27(36)29-22-8-10-23(11-9-22)34-14-12-33(2)13-15-34/h4-11H,3,12-19H2,1-2H3,(H2,28,29,36). The fourth-order valence-electron chi connectivity index (χ4n) is 4.42. The second-order valence-corrected chi connectivity index (χ2v) is 9.32. The summed E-state index contributed by atoms with van der Waals surface area (Å²) in [5.74, 6) is 2.07. The molecule has 2 fully saturated rings. The maximum atomic E-state index is 12.6. The molecule has 2 aliphatic rings. The summed E-state index contributed by atoms with van der Waals surface area (Å²) in [7, 11) is 2.15. The molecule has 3 aromatic rings. The lowest BCUT2D eigenvalue weighted by molar-refractivity contribution is 0.122. The summed E-state index contributed by atoms with van der Waals surface area (Å²) >= 11 is 0. The highest BCUT2D eigenvalue weighted by Crippen LogP contribution is 2.22. The van der Waals surface area contributed by atoms with Crippen LogP contribution in [0.1, 0.15) is 12.7 Å². The molecule has 10 heteroatoms. The van der Waals surface area contributed by atoms with Crippen molar-refractivity contribution in [3.63, 3.8) is 0 Å². The Kier molecular flexibility index (Phi) is 7.76. The summed E-state index contributed by atoms with van der Waals surface area (Å²) < 4.78 is 5.45. The summed E-state index contributed by atoms with van der Waals surface area (Å²) in [5, 5.41) is 5.80. The summed E-state index contributed by atoms with van der Waals surface area (Å²) in [6, 6.07) is 15.2. The van der Waals surface area contributed by atoms with E-state index in [0.717, 1.165) is 62.8 Å². The van der Waals surface area contributed by atoms with E-state index in [1.54, 1.807) is 0 Å². The van der Waals surface area contributed by atoms with E-state index in [2.05, 4.69) is 54.5 Å². The van der Waals surface area contributed by atoms with Gasteiger partial charge in [-0.2, -0.15) is 9.97 Å². The van der Waals surface area contributed by atoms with Gasteiger partial charge in [0.15, 0.2) is 5.82 Å². The molecule has 0 aliphatic carbocycles. The van der Waals surface area contributed by atoms with Gasteiger partial charge in [0.05, 0.1) is 13.2 Å². The van der Waals surface area contributed by atoms with Gasteiger partial charge in [-0.25, -0.2) is 9.78 Å². The van der Waals surface area contributed by atoms with Gasteiger partial charge in [0.2, 0.25) is 5.95 Å². The number of hydrogen-bond donors (Lipinski definition) is 2. The number of morpholine rings is 1. The van der Waals surface area contributed by atoms with Crippen LogP contribution in [0.5, 0.6) is 0 Å². The van der Waals surface area contributed by atoms with Crippen molar-refractivity contribution in [1.29, 1.82) is 0 Å². The van der Waals surface area contributed by atoms with Gasteiger partial charge in [-0.3, -0.25) is 0 Å². The number of nitrogens with zero attached hydrogens (tertiary/aromatic N) is 6. The summed E-state index contributed by atoms with van der Waals surface area (Å²) in [5.41, 5.74) is 3.49. The second-order valence-electron chi connectivity index (χ2n) is 9.32. The van der Waals surface area contributed by atoms with Crippen molar-refractivity contribution in [2.75, 3.05) is 80.0 Å². The van der Waals surface area contributed by atoms with Crippen molar-refractivity contribution in [1.82, 2.24) is 19.9 Å². The Balaban J connectivity index is 1.20. The predicted octanol–water partition coefficient (Wildman–Crippen LogP) is 3.33. The smallest absolute Gasteiger partial charge is 0.323 e. The quantitative estimate of drug-likeness (QED) is 0.530. The Morgan fingerprint density at radius 3 is 2.05 bits per heavy atom. The normalized spacial score (nSPS) is 16.5. The van der Waals surface area contributed by atoms with Crippen LogP contribution in [-0.4, -0.2) is 85.4 Å². The fraction of sp³-hybridized carbons (Fsp3) is 0.407. The highest BCUT2D eigenvalue weighted by Gasteiger charge is 2.17. The van der Waals surface area contributed by atoms with Crippen molar-refractivity contribution >= 4 is 29.0 Å². The molecular weight excluding hydrogens is 468 g/mol. The lowest BCUT2D eigenvalue weighted by atomic mass is 10.2. The molecule has 10 nitrogen and oxygen atoms in total. The van der Waals surface area contributed by atoms with Crippen LogP contribution >= 0.6 is 0 Å². The number of nitrogens with one attached hydrogen (secondary N) is 2. The average molecular weight is 503 g/mol. The first kappa shape index (κ1) is 24.9. The van der Waals surface area contributed by atoms with Crippen LogP contribution in [0.15, 0.2) is 48.5 Å². The zero-order valence-corrected chi connectivity index (χ0v) is 21.5. The zero-order chi connectivity index (χ0) is 25.6. The van der Waals surface area contributed by atoms with E-state index >= 15 is 0 Å². The van der Waals surface area contributed by atoms with E-state index in [-0.39, 0.29) is 6.03 Å². The number of ether oxygens (including phenoxy) is 1. The lowest BCUT2D eigenvalue weighted by Crippen LogP contribution is -2.44. The van der Waals surface area contributed by atoms with Crippen molar-refractivity contribution < 1.29 is 9.53 Å². The van der Waals surface area contributed by atoms with Gasteiger partial charge in [-0.05, 0) is 55.6 Å². The van der Waals surface area contributed by atoms with Crippen LogP contribution in [0.4, 0.5) is 27.8 Å². The Hall–Kier alpha value is -3.76. The number of piperazine rings is 1. The van der Waals surface area contributed by atoms with Gasteiger partial charge in [-0.15, -0.1) is 0 Å². The van der Waals surface area contributed by atoms with E-state index in [0.29, 0.717) is 30.7 Å². The number of anilines is 4. The molecule has 0 spiro atoms. The van der Waals surface area contributed by atoms with E-state index in [1.165, 1.54) is 5.69 Å². The molecule has 2 aromatic carbocycles. The van der Waals surface area contributed by atoms with E-state index in [4.69, 9.17) is 9.72 Å². The maximum Gasteiger partial charge on any atom is 0.323 e. The molecule has 5 rings (SSSR count). The van der Waals surface area contributed by atoms with Gasteiger partial charge in [0.1, 0.15) is 5.82 Å². The van der Waals surface area contributed by atoms with Crippen molar-refractivity contribution in [2.45, 2.75) is 13.3 Å². The number of likely N-dealkylation sites (N-methyl/N-ethyl adjacent to an activating group) is 1. The van der Waals surface area contributed by atoms with Crippen LogP contribution in [-0.2, 0) is 11.2 Å². The van der Waals surface area contributed by atoms with E-state index in [1.807, 2.05) is 43.3 Å². The minimum absolute atomic E-state index is 0.289. The number of aromatic nitrogens is 3. The van der Waals surface area contributed by atoms with Crippen molar-refractivity contribution in [2.24, 2.45) is 0 Å². The minimum atomic E-state index is -0.289.